The number of anilines is 1. The summed E-state index contributed by atoms with van der Waals surface area (Å²) in [6.07, 6.45) is 5.32. The molecule has 32 heavy (non-hydrogen) atoms. The molecule has 0 saturated carbocycles. The predicted molar refractivity (Wildman–Crippen MR) is 128 cm³/mol. The zero-order valence-electron chi connectivity index (χ0n) is 18.8. The van der Waals surface area contributed by atoms with Crippen LogP contribution in [0.15, 0.2) is 28.5 Å². The lowest BCUT2D eigenvalue weighted by molar-refractivity contribution is 0.551. The second kappa shape index (κ2) is 9.36. The molecule has 0 aliphatic heterocycles. The molecule has 0 saturated heterocycles. The summed E-state index contributed by atoms with van der Waals surface area (Å²) in [7, 11) is -3.32. The summed E-state index contributed by atoms with van der Waals surface area (Å²) in [6.45, 7) is 7.00. The number of nitrogen functional groups attached to an aromatic ring is 1. The summed E-state index contributed by atoms with van der Waals surface area (Å²) in [4.78, 5) is 14.3. The first-order valence-corrected chi connectivity index (χ1v) is 13.4. The number of benzene rings is 1. The lowest BCUT2D eigenvalue weighted by atomic mass is 10.1. The van der Waals surface area contributed by atoms with E-state index in [1.165, 1.54) is 29.4 Å². The van der Waals surface area contributed by atoms with Gasteiger partial charge in [0.2, 0.25) is 10.0 Å². The summed E-state index contributed by atoms with van der Waals surface area (Å²) >= 11 is 1.58. The van der Waals surface area contributed by atoms with E-state index in [0.717, 1.165) is 22.9 Å². The largest absolute Gasteiger partial charge is 0.382 e. The standard InChI is InChI=1S/C22H30N6O2S2/c1-14(2)12-26-32(29,30)9-5-8-28-21-19(20(23)24-13-25-21)27-22(28)31-18-11-17-7-4-6-16(17)10-15(18)3/h10-11,13-14,26H,4-9,12H2,1-3H3,(H2,23,24,25). The van der Waals surface area contributed by atoms with Gasteiger partial charge in [0.15, 0.2) is 22.1 Å². The van der Waals surface area contributed by atoms with Crippen LogP contribution in [-0.4, -0.2) is 40.2 Å². The van der Waals surface area contributed by atoms with Crippen molar-refractivity contribution in [3.63, 3.8) is 0 Å². The number of hydrogen-bond acceptors (Lipinski definition) is 7. The highest BCUT2D eigenvalue weighted by Gasteiger charge is 2.20. The van der Waals surface area contributed by atoms with Gasteiger partial charge in [-0.25, -0.2) is 28.1 Å². The molecular weight excluding hydrogens is 444 g/mol. The van der Waals surface area contributed by atoms with Crippen LogP contribution >= 0.6 is 11.8 Å². The molecule has 0 spiro atoms. The van der Waals surface area contributed by atoms with Gasteiger partial charge in [0.25, 0.3) is 0 Å². The van der Waals surface area contributed by atoms with Gasteiger partial charge in [0, 0.05) is 18.0 Å². The first-order valence-electron chi connectivity index (χ1n) is 11.0. The number of nitrogens with one attached hydrogen (secondary N) is 1. The van der Waals surface area contributed by atoms with E-state index in [1.54, 1.807) is 11.8 Å². The molecule has 1 aliphatic carbocycles. The summed E-state index contributed by atoms with van der Waals surface area (Å²) < 4.78 is 29.3. The zero-order valence-corrected chi connectivity index (χ0v) is 20.4. The fourth-order valence-electron chi connectivity index (χ4n) is 3.92. The molecule has 1 aliphatic rings. The van der Waals surface area contributed by atoms with Gasteiger partial charge < -0.3 is 10.3 Å². The van der Waals surface area contributed by atoms with Crippen molar-refractivity contribution in [2.75, 3.05) is 18.0 Å². The maximum atomic E-state index is 12.3. The number of aromatic nitrogens is 4. The van der Waals surface area contributed by atoms with Crippen molar-refractivity contribution >= 4 is 38.8 Å². The van der Waals surface area contributed by atoms with Gasteiger partial charge in [-0.3, -0.25) is 0 Å². The Labute approximate surface area is 193 Å². The van der Waals surface area contributed by atoms with Gasteiger partial charge in [-0.1, -0.05) is 31.7 Å². The maximum absolute atomic E-state index is 12.3. The van der Waals surface area contributed by atoms with E-state index in [-0.39, 0.29) is 11.7 Å². The highest BCUT2D eigenvalue weighted by Crippen LogP contribution is 2.36. The number of sulfonamides is 1. The molecule has 2 heterocycles. The number of nitrogens with zero attached hydrogens (tertiary/aromatic N) is 4. The van der Waals surface area contributed by atoms with Gasteiger partial charge in [-0.05, 0) is 61.3 Å². The summed E-state index contributed by atoms with van der Waals surface area (Å²) in [5, 5.41) is 0.751. The fraction of sp³-hybridized carbons (Fsp3) is 0.500. The Hall–Kier alpha value is -2.17. The van der Waals surface area contributed by atoms with E-state index in [0.29, 0.717) is 36.5 Å². The normalized spacial score (nSPS) is 13.9. The van der Waals surface area contributed by atoms with Crippen LogP contribution in [0.5, 0.6) is 0 Å². The number of nitrogens with two attached hydrogens (primary N) is 1. The van der Waals surface area contributed by atoms with Crippen LogP contribution in [0.3, 0.4) is 0 Å². The Kier molecular flexibility index (Phi) is 6.73. The second-order valence-electron chi connectivity index (χ2n) is 8.73. The molecule has 1 aromatic carbocycles. The monoisotopic (exact) mass is 474 g/mol. The van der Waals surface area contributed by atoms with Crippen molar-refractivity contribution < 1.29 is 8.42 Å². The minimum Gasteiger partial charge on any atom is -0.382 e. The van der Waals surface area contributed by atoms with Gasteiger partial charge in [-0.15, -0.1) is 0 Å². The molecule has 3 N–H and O–H groups in total. The van der Waals surface area contributed by atoms with Crippen LogP contribution in [0, 0.1) is 12.8 Å². The van der Waals surface area contributed by atoms with Crippen molar-refractivity contribution in [1.82, 2.24) is 24.2 Å². The maximum Gasteiger partial charge on any atom is 0.211 e. The third-order valence-electron chi connectivity index (χ3n) is 5.62. The van der Waals surface area contributed by atoms with E-state index in [1.807, 2.05) is 18.4 Å². The molecule has 2 aromatic heterocycles. The van der Waals surface area contributed by atoms with Crippen LogP contribution in [-0.2, 0) is 29.4 Å². The topological polar surface area (TPSA) is 116 Å². The zero-order chi connectivity index (χ0) is 22.9. The molecule has 0 unspecified atom stereocenters. The van der Waals surface area contributed by atoms with Crippen LogP contribution in [0.2, 0.25) is 0 Å². The average Bonchev–Trinajstić information content (AvgIpc) is 3.32. The number of aryl methyl sites for hydroxylation is 4. The lowest BCUT2D eigenvalue weighted by Gasteiger charge is -2.12. The Morgan fingerprint density at radius 1 is 1.22 bits per heavy atom. The highest BCUT2D eigenvalue weighted by atomic mass is 32.2. The average molecular weight is 475 g/mol. The van der Waals surface area contributed by atoms with Crippen molar-refractivity contribution in [3.05, 3.63) is 35.2 Å². The first-order chi connectivity index (χ1) is 15.2. The Morgan fingerprint density at radius 3 is 2.72 bits per heavy atom. The van der Waals surface area contributed by atoms with E-state index < -0.39 is 10.0 Å². The fourth-order valence-corrected chi connectivity index (χ4v) is 6.21. The summed E-state index contributed by atoms with van der Waals surface area (Å²) in [6, 6.07) is 4.54. The van der Waals surface area contributed by atoms with Crippen molar-refractivity contribution in [2.24, 2.45) is 5.92 Å². The third-order valence-corrected chi connectivity index (χ3v) is 8.21. The molecule has 10 heteroatoms. The molecular formula is C22H30N6O2S2. The van der Waals surface area contributed by atoms with E-state index in [4.69, 9.17) is 10.7 Å². The van der Waals surface area contributed by atoms with E-state index in [9.17, 15) is 8.42 Å². The Balaban J connectivity index is 1.59. The molecule has 0 bridgehead atoms. The summed E-state index contributed by atoms with van der Waals surface area (Å²) in [5.74, 6) is 0.634. The van der Waals surface area contributed by atoms with Crippen LogP contribution in [0.25, 0.3) is 11.2 Å². The minimum atomic E-state index is -3.32. The lowest BCUT2D eigenvalue weighted by Crippen LogP contribution is -2.30. The second-order valence-corrected chi connectivity index (χ2v) is 11.7. The van der Waals surface area contributed by atoms with E-state index >= 15 is 0 Å². The number of imidazole rings is 1. The number of rotatable bonds is 9. The van der Waals surface area contributed by atoms with Gasteiger partial charge >= 0.3 is 0 Å². The molecule has 172 valence electrons. The highest BCUT2D eigenvalue weighted by molar-refractivity contribution is 7.99. The molecule has 4 rings (SSSR count). The molecule has 0 radical (unpaired) electrons. The van der Waals surface area contributed by atoms with Gasteiger partial charge in [0.1, 0.15) is 6.33 Å². The number of hydrogen-bond donors (Lipinski definition) is 2. The van der Waals surface area contributed by atoms with Crippen molar-refractivity contribution in [1.29, 1.82) is 0 Å². The van der Waals surface area contributed by atoms with Crippen LogP contribution in [0.4, 0.5) is 5.82 Å². The van der Waals surface area contributed by atoms with Crippen LogP contribution in [0.1, 0.15) is 43.4 Å². The Morgan fingerprint density at radius 2 is 1.97 bits per heavy atom. The summed E-state index contributed by atoms with van der Waals surface area (Å²) in [5.41, 5.74) is 11.3. The SMILES string of the molecule is Cc1cc2c(cc1Sc1nc3c(N)ncnc3n1CCCS(=O)(=O)NCC(C)C)CCC2. The van der Waals surface area contributed by atoms with Crippen molar-refractivity contribution in [2.45, 2.75) is 63.1 Å². The van der Waals surface area contributed by atoms with E-state index in [2.05, 4.69) is 33.7 Å². The minimum absolute atomic E-state index is 0.0436. The molecule has 0 atom stereocenters. The number of fused-ring (bicyclic) bond motifs is 2. The smallest absolute Gasteiger partial charge is 0.211 e. The van der Waals surface area contributed by atoms with Gasteiger partial charge in [-0.2, -0.15) is 0 Å². The predicted octanol–water partition coefficient (Wildman–Crippen LogP) is 3.32. The molecule has 3 aromatic rings. The first kappa shape index (κ1) is 23.0. The van der Waals surface area contributed by atoms with Crippen molar-refractivity contribution in [3.8, 4) is 0 Å². The van der Waals surface area contributed by atoms with Crippen LogP contribution < -0.4 is 10.5 Å². The Bertz CT molecular complexity index is 1240. The molecule has 8 nitrogen and oxygen atoms in total. The third kappa shape index (κ3) is 5.07. The van der Waals surface area contributed by atoms with Gasteiger partial charge in [0.05, 0.1) is 5.75 Å². The molecule has 0 amide bonds. The quantitative estimate of drug-likeness (QED) is 0.489. The molecule has 0 fully saturated rings.